The zero-order valence-electron chi connectivity index (χ0n) is 27.6. The van der Waals surface area contributed by atoms with Crippen LogP contribution in [0.3, 0.4) is 0 Å². The number of hydrogen-bond donors (Lipinski definition) is 2. The maximum atomic E-state index is 14.6. The highest BCUT2D eigenvalue weighted by atomic mass is 19.1. The number of ether oxygens (including phenoxy) is 2. The molecular weight excluding hydrogens is 694 g/mol. The molecule has 0 bridgehead atoms. The number of rotatable bonds is 6. The molecule has 0 unspecified atom stereocenters. The number of carbonyl (C=O) groups excluding carboxylic acids is 3. The first-order valence-electron chi connectivity index (χ1n) is 16.2. The number of carbonyl (C=O) groups is 4. The summed E-state index contributed by atoms with van der Waals surface area (Å²) < 4.78 is 68.2. The first kappa shape index (κ1) is 41.4. The molecular formula is C34H47F4N7O7. The van der Waals surface area contributed by atoms with Crippen molar-refractivity contribution in [1.82, 2.24) is 9.80 Å². The van der Waals surface area contributed by atoms with Crippen molar-refractivity contribution in [3.63, 3.8) is 0 Å². The van der Waals surface area contributed by atoms with E-state index in [1.807, 2.05) is 6.92 Å². The van der Waals surface area contributed by atoms with Gasteiger partial charge in [0.25, 0.3) is 0 Å². The summed E-state index contributed by atoms with van der Waals surface area (Å²) in [5, 5.41) is 8.93. The van der Waals surface area contributed by atoms with Gasteiger partial charge in [0.15, 0.2) is 23.3 Å². The second kappa shape index (κ2) is 17.5. The largest absolute Gasteiger partial charge is 0.465 e. The summed E-state index contributed by atoms with van der Waals surface area (Å²) in [6.45, 7) is 6.14. The van der Waals surface area contributed by atoms with Crippen molar-refractivity contribution in [2.75, 3.05) is 91.6 Å². The summed E-state index contributed by atoms with van der Waals surface area (Å²) in [5.74, 6) is -3.13. The van der Waals surface area contributed by atoms with E-state index in [2.05, 4.69) is 0 Å². The molecule has 4 amide bonds. The number of carboxylic acid groups (broad SMARTS) is 1. The Bertz CT molecular complexity index is 1460. The van der Waals surface area contributed by atoms with Crippen molar-refractivity contribution < 1.29 is 51.3 Å². The predicted octanol–water partition coefficient (Wildman–Crippen LogP) is 4.69. The number of nitrogens with two attached hydrogens (primary N) is 1. The highest BCUT2D eigenvalue weighted by Gasteiger charge is 2.35. The van der Waals surface area contributed by atoms with Gasteiger partial charge in [-0.2, -0.15) is 0 Å². The number of hydrogen-bond acceptors (Lipinski definition) is 9. The van der Waals surface area contributed by atoms with Gasteiger partial charge in [-0.15, -0.1) is 0 Å². The molecule has 52 heavy (non-hydrogen) atoms. The number of nitrogens with zero attached hydrogens (tertiary/aromatic N) is 6. The summed E-state index contributed by atoms with van der Waals surface area (Å²) in [4.78, 5) is 54.2. The summed E-state index contributed by atoms with van der Waals surface area (Å²) in [7, 11) is 0. The van der Waals surface area contributed by atoms with Crippen LogP contribution in [0.5, 0.6) is 0 Å². The van der Waals surface area contributed by atoms with Gasteiger partial charge in [0.2, 0.25) is 5.91 Å². The lowest BCUT2D eigenvalue weighted by molar-refractivity contribution is -0.129. The molecule has 0 aromatic heterocycles. The molecule has 4 heterocycles. The van der Waals surface area contributed by atoms with E-state index in [0.29, 0.717) is 32.6 Å². The maximum Gasteiger partial charge on any atom is 0.414 e. The SMILES string of the molecule is C.C.CC[C@H]1CN(c2cc(F)c(N3CCN(C(C)=O)CC3)c(F)c2)C(=O)O1.NC[C@H]1CN(c2cc(F)c(N3CCN(C(=O)O)CC3)c(F)c2)C(=O)O1. The standard InChI is InChI=1S/C17H21F2N3O3.C15H18F2N4O4.2CH4/c1-3-13-10-22(17(24)25-13)12-8-14(18)16(15(19)9-12)21-6-4-20(5-7-21)11(2)23;16-11-5-9(21-8-10(7-18)25-15(21)24)6-12(17)13(11)19-1-3-20(4-2-19)14(22)23;;/h8-9,13H,3-7,10H2,1-2H3;5-6,10H,1-4,7-8,18H2,(H,22,23);2*1H4/t13-;10-;;/m00../s1. The fourth-order valence-corrected chi connectivity index (χ4v) is 6.19. The lowest BCUT2D eigenvalue weighted by Gasteiger charge is -2.36. The number of amides is 4. The topological polar surface area (TPSA) is 152 Å². The molecule has 4 aliphatic heterocycles. The third kappa shape index (κ3) is 8.89. The number of halogens is 4. The second-order valence-electron chi connectivity index (χ2n) is 12.1. The minimum atomic E-state index is -1.06. The molecule has 4 fully saturated rings. The third-order valence-electron chi connectivity index (χ3n) is 9.00. The summed E-state index contributed by atoms with van der Waals surface area (Å²) in [5.41, 5.74) is 5.32. The van der Waals surface area contributed by atoms with Crippen LogP contribution < -0.4 is 25.3 Å². The Kier molecular flexibility index (Phi) is 13.9. The fraction of sp³-hybridized carbons (Fsp3) is 0.529. The molecule has 3 N–H and O–H groups in total. The Morgan fingerprint density at radius 2 is 1.08 bits per heavy atom. The van der Waals surface area contributed by atoms with Crippen molar-refractivity contribution >= 4 is 46.9 Å². The Balaban J connectivity index is 0.000000270. The normalized spacial score (nSPS) is 20.1. The van der Waals surface area contributed by atoms with Crippen LogP contribution in [0.15, 0.2) is 24.3 Å². The van der Waals surface area contributed by atoms with E-state index in [9.17, 15) is 36.7 Å². The molecule has 288 valence electrons. The van der Waals surface area contributed by atoms with E-state index in [1.165, 1.54) is 21.6 Å². The van der Waals surface area contributed by atoms with Gasteiger partial charge in [-0.25, -0.2) is 31.9 Å². The summed E-state index contributed by atoms with van der Waals surface area (Å²) >= 11 is 0. The third-order valence-corrected chi connectivity index (χ3v) is 9.00. The molecule has 2 aromatic rings. The first-order valence-corrected chi connectivity index (χ1v) is 16.2. The second-order valence-corrected chi connectivity index (χ2v) is 12.1. The van der Waals surface area contributed by atoms with Gasteiger partial charge < -0.3 is 39.9 Å². The molecule has 0 radical (unpaired) electrons. The van der Waals surface area contributed by atoms with Crippen LogP contribution in [0.4, 0.5) is 54.7 Å². The zero-order chi connectivity index (χ0) is 36.3. The smallest absolute Gasteiger partial charge is 0.414 e. The van der Waals surface area contributed by atoms with E-state index in [0.717, 1.165) is 29.2 Å². The first-order chi connectivity index (χ1) is 23.8. The molecule has 0 spiro atoms. The Labute approximate surface area is 300 Å². The average Bonchev–Trinajstić information content (AvgIpc) is 3.66. The summed E-state index contributed by atoms with van der Waals surface area (Å²) in [6.07, 6.45) is -2.48. The molecule has 4 saturated heterocycles. The van der Waals surface area contributed by atoms with Crippen molar-refractivity contribution in [1.29, 1.82) is 0 Å². The van der Waals surface area contributed by atoms with Crippen LogP contribution >= 0.6 is 0 Å². The van der Waals surface area contributed by atoms with Crippen molar-refractivity contribution in [2.24, 2.45) is 5.73 Å². The van der Waals surface area contributed by atoms with Crippen LogP contribution in [0, 0.1) is 23.3 Å². The van der Waals surface area contributed by atoms with E-state index >= 15 is 0 Å². The lowest BCUT2D eigenvalue weighted by atomic mass is 10.2. The van der Waals surface area contributed by atoms with Crippen LogP contribution in [-0.2, 0) is 14.3 Å². The Morgan fingerprint density at radius 3 is 1.38 bits per heavy atom. The molecule has 18 heteroatoms. The van der Waals surface area contributed by atoms with Crippen molar-refractivity contribution in [2.45, 2.75) is 47.3 Å². The number of anilines is 4. The highest BCUT2D eigenvalue weighted by Crippen LogP contribution is 2.33. The van der Waals surface area contributed by atoms with Crippen LogP contribution in [0.1, 0.15) is 35.1 Å². The van der Waals surface area contributed by atoms with Gasteiger partial charge in [0.05, 0.1) is 24.5 Å². The van der Waals surface area contributed by atoms with Gasteiger partial charge in [0.1, 0.15) is 23.6 Å². The molecule has 4 aliphatic rings. The van der Waals surface area contributed by atoms with Gasteiger partial charge >= 0.3 is 18.3 Å². The minimum absolute atomic E-state index is 0. The summed E-state index contributed by atoms with van der Waals surface area (Å²) in [6, 6.07) is 4.47. The van der Waals surface area contributed by atoms with Crippen LogP contribution in [-0.4, -0.2) is 123 Å². The molecule has 6 rings (SSSR count). The Morgan fingerprint density at radius 1 is 0.712 bits per heavy atom. The zero-order valence-corrected chi connectivity index (χ0v) is 27.6. The van der Waals surface area contributed by atoms with Gasteiger partial charge in [0, 0.05) is 90.1 Å². The predicted molar refractivity (Wildman–Crippen MR) is 187 cm³/mol. The van der Waals surface area contributed by atoms with E-state index in [4.69, 9.17) is 20.3 Å². The fourth-order valence-electron chi connectivity index (χ4n) is 6.19. The molecule has 0 saturated carbocycles. The maximum absolute atomic E-state index is 14.6. The molecule has 2 atom stereocenters. The van der Waals surface area contributed by atoms with E-state index in [-0.39, 0.29) is 95.4 Å². The minimum Gasteiger partial charge on any atom is -0.465 e. The highest BCUT2D eigenvalue weighted by molar-refractivity contribution is 5.91. The quantitative estimate of drug-likeness (QED) is 0.399. The molecule has 14 nitrogen and oxygen atoms in total. The lowest BCUT2D eigenvalue weighted by Crippen LogP contribution is -2.48. The number of piperazine rings is 2. The Hall–Kier alpha value is -5.00. The molecule has 0 aliphatic carbocycles. The monoisotopic (exact) mass is 741 g/mol. The van der Waals surface area contributed by atoms with Gasteiger partial charge in [-0.1, -0.05) is 21.8 Å². The molecule has 2 aromatic carbocycles. The number of benzene rings is 2. The number of cyclic esters (lactones) is 2. The van der Waals surface area contributed by atoms with E-state index in [1.54, 1.807) is 9.80 Å². The van der Waals surface area contributed by atoms with Crippen molar-refractivity contribution in [3.8, 4) is 0 Å². The van der Waals surface area contributed by atoms with Gasteiger partial charge in [-0.05, 0) is 6.42 Å². The van der Waals surface area contributed by atoms with Crippen molar-refractivity contribution in [3.05, 3.63) is 47.5 Å². The average molecular weight is 742 g/mol. The van der Waals surface area contributed by atoms with Gasteiger partial charge in [-0.3, -0.25) is 14.6 Å². The van der Waals surface area contributed by atoms with Crippen LogP contribution in [0.2, 0.25) is 0 Å². The van der Waals surface area contributed by atoms with E-state index < -0.39 is 47.7 Å². The van der Waals surface area contributed by atoms with Crippen LogP contribution in [0.25, 0.3) is 0 Å².